The highest BCUT2D eigenvalue weighted by molar-refractivity contribution is 7.90. The van der Waals surface area contributed by atoms with Crippen LogP contribution in [0.15, 0.2) is 35.6 Å². The summed E-state index contributed by atoms with van der Waals surface area (Å²) < 4.78 is 31.2. The molecule has 1 aromatic carbocycles. The lowest BCUT2D eigenvalue weighted by Crippen LogP contribution is -2.50. The van der Waals surface area contributed by atoms with E-state index < -0.39 is 9.84 Å². The van der Waals surface area contributed by atoms with Crippen LogP contribution < -0.4 is 9.64 Å². The van der Waals surface area contributed by atoms with Crippen molar-refractivity contribution in [2.75, 3.05) is 37.9 Å². The molecule has 29 heavy (non-hydrogen) atoms. The van der Waals surface area contributed by atoms with Crippen molar-refractivity contribution >= 4 is 21.4 Å². The Morgan fingerprint density at radius 2 is 2.00 bits per heavy atom. The van der Waals surface area contributed by atoms with Gasteiger partial charge >= 0.3 is 0 Å². The fourth-order valence-corrected chi connectivity index (χ4v) is 4.35. The molecule has 1 aliphatic heterocycles. The molecular formula is C20H28N4O4S. The van der Waals surface area contributed by atoms with Crippen LogP contribution in [0.2, 0.25) is 0 Å². The first-order valence-corrected chi connectivity index (χ1v) is 11.5. The summed E-state index contributed by atoms with van der Waals surface area (Å²) >= 11 is 0. The molecule has 2 aromatic rings. The Morgan fingerprint density at radius 1 is 1.24 bits per heavy atom. The van der Waals surface area contributed by atoms with E-state index in [0.29, 0.717) is 31.9 Å². The lowest BCUT2D eigenvalue weighted by molar-refractivity contribution is -0.121. The predicted octanol–water partition coefficient (Wildman–Crippen LogP) is 1.80. The quantitative estimate of drug-likeness (QED) is 0.679. The Kier molecular flexibility index (Phi) is 6.28. The van der Waals surface area contributed by atoms with Gasteiger partial charge in [-0.2, -0.15) is 0 Å². The van der Waals surface area contributed by atoms with Crippen LogP contribution in [0.1, 0.15) is 19.5 Å². The third kappa shape index (κ3) is 4.97. The Bertz CT molecular complexity index is 984. The van der Waals surface area contributed by atoms with Crippen molar-refractivity contribution < 1.29 is 17.9 Å². The number of ether oxygens (including phenoxy) is 1. The minimum absolute atomic E-state index is 0.00256. The van der Waals surface area contributed by atoms with E-state index in [9.17, 15) is 13.2 Å². The zero-order chi connectivity index (χ0) is 21.2. The average molecular weight is 421 g/mol. The van der Waals surface area contributed by atoms with Gasteiger partial charge in [0.05, 0.1) is 25.5 Å². The van der Waals surface area contributed by atoms with Crippen molar-refractivity contribution in [2.24, 2.45) is 5.92 Å². The average Bonchev–Trinajstić information content (AvgIpc) is 3.04. The van der Waals surface area contributed by atoms with Crippen LogP contribution >= 0.6 is 0 Å². The van der Waals surface area contributed by atoms with Gasteiger partial charge in [-0.25, -0.2) is 13.4 Å². The van der Waals surface area contributed by atoms with Crippen molar-refractivity contribution in [3.05, 3.63) is 36.2 Å². The van der Waals surface area contributed by atoms with Crippen LogP contribution in [0, 0.1) is 5.92 Å². The smallest absolute Gasteiger partial charge is 0.241 e. The molecule has 0 aliphatic carbocycles. The monoisotopic (exact) mass is 420 g/mol. The summed E-state index contributed by atoms with van der Waals surface area (Å²) in [6.07, 6.45) is 2.78. The fraction of sp³-hybridized carbons (Fsp3) is 0.500. The highest BCUT2D eigenvalue weighted by Crippen LogP contribution is 2.23. The minimum atomic E-state index is -3.41. The van der Waals surface area contributed by atoms with Crippen molar-refractivity contribution in [1.82, 2.24) is 14.5 Å². The van der Waals surface area contributed by atoms with Crippen LogP contribution in [0.3, 0.4) is 0 Å². The van der Waals surface area contributed by atoms with Gasteiger partial charge in [0.25, 0.3) is 0 Å². The van der Waals surface area contributed by atoms with Gasteiger partial charge in [-0.3, -0.25) is 9.69 Å². The molecular weight excluding hydrogens is 392 g/mol. The summed E-state index contributed by atoms with van der Waals surface area (Å²) in [4.78, 5) is 20.7. The molecule has 3 rings (SSSR count). The first kappa shape index (κ1) is 21.3. The van der Waals surface area contributed by atoms with Crippen molar-refractivity contribution in [3.8, 4) is 5.75 Å². The molecule has 1 amide bonds. The molecule has 0 spiro atoms. The molecule has 1 fully saturated rings. The number of aromatic nitrogens is 2. The highest BCUT2D eigenvalue weighted by atomic mass is 32.2. The Labute approximate surface area is 172 Å². The number of hydrogen-bond acceptors (Lipinski definition) is 6. The van der Waals surface area contributed by atoms with Crippen molar-refractivity contribution in [3.63, 3.8) is 0 Å². The number of rotatable bonds is 7. The number of amides is 1. The zero-order valence-electron chi connectivity index (χ0n) is 17.3. The maximum Gasteiger partial charge on any atom is 0.241 e. The van der Waals surface area contributed by atoms with Crippen LogP contribution in [-0.2, 0) is 27.7 Å². The zero-order valence-corrected chi connectivity index (χ0v) is 18.1. The second-order valence-electron chi connectivity index (χ2n) is 7.77. The van der Waals surface area contributed by atoms with Crippen LogP contribution in [0.25, 0.3) is 0 Å². The number of carbonyl (C=O) groups excluding carboxylic acids is 1. The van der Waals surface area contributed by atoms with Gasteiger partial charge in [-0.1, -0.05) is 19.9 Å². The molecule has 0 bridgehead atoms. The third-order valence-electron chi connectivity index (χ3n) is 4.83. The lowest BCUT2D eigenvalue weighted by atomic mass is 10.2. The number of benzene rings is 1. The second-order valence-corrected chi connectivity index (χ2v) is 9.68. The molecule has 158 valence electrons. The first-order chi connectivity index (χ1) is 13.7. The standard InChI is InChI=1S/C20H28N4O4S/c1-15(2)12-24-17(11-21-20(24)29(4,26)27)13-22-8-9-23(19(25)14-22)16-6-5-7-18(10-16)28-3/h5-7,10-11,15H,8-9,12-14H2,1-4H3. The van der Waals surface area contributed by atoms with Crippen molar-refractivity contribution in [1.29, 1.82) is 0 Å². The summed E-state index contributed by atoms with van der Waals surface area (Å²) in [7, 11) is -1.81. The molecule has 9 heteroatoms. The van der Waals surface area contributed by atoms with Gasteiger partial charge in [0.1, 0.15) is 5.75 Å². The van der Waals surface area contributed by atoms with Crippen LogP contribution in [0.5, 0.6) is 5.75 Å². The summed E-state index contributed by atoms with van der Waals surface area (Å²) in [6.45, 7) is 6.62. The van der Waals surface area contributed by atoms with Crippen LogP contribution in [-0.4, -0.2) is 61.8 Å². The van der Waals surface area contributed by atoms with E-state index in [0.717, 1.165) is 11.4 Å². The number of methoxy groups -OCH3 is 1. The molecule has 0 saturated carbocycles. The molecule has 0 N–H and O–H groups in total. The number of anilines is 1. The molecule has 0 atom stereocenters. The lowest BCUT2D eigenvalue weighted by Gasteiger charge is -2.34. The van der Waals surface area contributed by atoms with E-state index >= 15 is 0 Å². The Morgan fingerprint density at radius 3 is 2.62 bits per heavy atom. The SMILES string of the molecule is COc1cccc(N2CCN(Cc3cnc(S(C)(=O)=O)n3CC(C)C)CC2=O)c1. The number of nitrogens with zero attached hydrogens (tertiary/aromatic N) is 4. The maximum absolute atomic E-state index is 12.7. The van der Waals surface area contributed by atoms with Gasteiger partial charge < -0.3 is 14.2 Å². The predicted molar refractivity (Wildman–Crippen MR) is 111 cm³/mol. The third-order valence-corrected chi connectivity index (χ3v) is 5.82. The van der Waals surface area contributed by atoms with E-state index in [2.05, 4.69) is 4.98 Å². The van der Waals surface area contributed by atoms with Crippen LogP contribution in [0.4, 0.5) is 5.69 Å². The Balaban J connectivity index is 1.75. The minimum Gasteiger partial charge on any atom is -0.497 e. The highest BCUT2D eigenvalue weighted by Gasteiger charge is 2.27. The number of sulfone groups is 1. The Hall–Kier alpha value is -2.39. The first-order valence-electron chi connectivity index (χ1n) is 9.60. The largest absolute Gasteiger partial charge is 0.497 e. The van der Waals surface area contributed by atoms with E-state index in [4.69, 9.17) is 4.74 Å². The summed E-state index contributed by atoms with van der Waals surface area (Å²) in [5.74, 6) is 0.987. The normalized spacial score (nSPS) is 15.9. The van der Waals surface area contributed by atoms with E-state index in [1.54, 1.807) is 22.8 Å². The molecule has 8 nitrogen and oxygen atoms in total. The van der Waals surface area contributed by atoms with Crippen molar-refractivity contribution in [2.45, 2.75) is 32.1 Å². The molecule has 0 unspecified atom stereocenters. The summed E-state index contributed by atoms with van der Waals surface area (Å²) in [5.41, 5.74) is 1.62. The number of imidazole rings is 1. The maximum atomic E-state index is 12.7. The molecule has 2 heterocycles. The molecule has 1 aliphatic rings. The van der Waals surface area contributed by atoms with E-state index in [1.807, 2.05) is 43.0 Å². The number of carbonyl (C=O) groups is 1. The van der Waals surface area contributed by atoms with Gasteiger partial charge in [-0.05, 0) is 18.1 Å². The van der Waals surface area contributed by atoms with Gasteiger partial charge in [0, 0.05) is 44.2 Å². The molecule has 0 radical (unpaired) electrons. The van der Waals surface area contributed by atoms with E-state index in [-0.39, 0.29) is 23.5 Å². The summed E-state index contributed by atoms with van der Waals surface area (Å²) in [6, 6.07) is 7.46. The fourth-order valence-electron chi connectivity index (χ4n) is 3.51. The number of hydrogen-bond donors (Lipinski definition) is 0. The molecule has 1 aromatic heterocycles. The summed E-state index contributed by atoms with van der Waals surface area (Å²) in [5, 5.41) is 0.0857. The van der Waals surface area contributed by atoms with Gasteiger partial charge in [0.15, 0.2) is 0 Å². The van der Waals surface area contributed by atoms with Gasteiger partial charge in [-0.15, -0.1) is 0 Å². The topological polar surface area (TPSA) is 84.7 Å². The van der Waals surface area contributed by atoms with Gasteiger partial charge in [0.2, 0.25) is 20.9 Å². The van der Waals surface area contributed by atoms with E-state index in [1.165, 1.54) is 6.26 Å². The molecule has 1 saturated heterocycles. The second kappa shape index (κ2) is 8.54. The number of piperazine rings is 1.